The number of nitrogens with two attached hydrogens (primary N) is 1. The summed E-state index contributed by atoms with van der Waals surface area (Å²) in [6.07, 6.45) is 1.15. The van der Waals surface area contributed by atoms with Gasteiger partial charge in [0.2, 0.25) is 0 Å². The summed E-state index contributed by atoms with van der Waals surface area (Å²) in [7, 11) is -3.20. The number of nitrogens with zero attached hydrogens (tertiary/aromatic N) is 1. The number of aryl methyl sites for hydroxylation is 1. The van der Waals surface area contributed by atoms with Crippen LogP contribution in [-0.4, -0.2) is 25.6 Å². The number of carbonyl (C=O) groups is 1. The highest BCUT2D eigenvalue weighted by molar-refractivity contribution is 7.90. The lowest BCUT2D eigenvalue weighted by atomic mass is 10.2. The molecule has 1 heterocycles. The van der Waals surface area contributed by atoms with Crippen molar-refractivity contribution in [1.82, 2.24) is 10.3 Å². The van der Waals surface area contributed by atoms with Crippen LogP contribution in [0.1, 0.15) is 20.9 Å². The van der Waals surface area contributed by atoms with Gasteiger partial charge in [0.25, 0.3) is 5.91 Å². The quantitative estimate of drug-likeness (QED) is 0.884. The van der Waals surface area contributed by atoms with Gasteiger partial charge in [-0.2, -0.15) is 0 Å². The highest BCUT2D eigenvalue weighted by Gasteiger charge is 2.14. The van der Waals surface area contributed by atoms with Gasteiger partial charge in [0.05, 0.1) is 10.6 Å². The normalized spacial score (nSPS) is 11.3. The van der Waals surface area contributed by atoms with E-state index in [1.807, 2.05) is 0 Å². The Morgan fingerprint density at radius 1 is 1.33 bits per heavy atom. The Bertz CT molecular complexity index is 764. The highest BCUT2D eigenvalue weighted by Crippen LogP contribution is 2.19. The minimum absolute atomic E-state index is 0.242. The Balaban J connectivity index is 2.03. The number of nitrogen functional groups attached to an aromatic ring is 1. The van der Waals surface area contributed by atoms with Gasteiger partial charge in [0.1, 0.15) is 4.88 Å². The third-order valence-corrected chi connectivity index (χ3v) is 4.94. The van der Waals surface area contributed by atoms with Gasteiger partial charge in [-0.05, 0) is 24.6 Å². The topological polar surface area (TPSA) is 102 Å². The fourth-order valence-corrected chi connectivity index (χ4v) is 3.13. The van der Waals surface area contributed by atoms with Crippen molar-refractivity contribution in [3.8, 4) is 0 Å². The first-order chi connectivity index (χ1) is 9.77. The summed E-state index contributed by atoms with van der Waals surface area (Å²) in [6.45, 7) is 2.03. The number of nitrogens with one attached hydrogen (secondary N) is 1. The number of hydrogen-bond acceptors (Lipinski definition) is 6. The second-order valence-electron chi connectivity index (χ2n) is 4.57. The van der Waals surface area contributed by atoms with Crippen LogP contribution < -0.4 is 11.1 Å². The molecule has 21 heavy (non-hydrogen) atoms. The van der Waals surface area contributed by atoms with Crippen molar-refractivity contribution < 1.29 is 13.2 Å². The molecule has 2 rings (SSSR count). The van der Waals surface area contributed by atoms with E-state index >= 15 is 0 Å². The molecule has 0 fully saturated rings. The van der Waals surface area contributed by atoms with Gasteiger partial charge < -0.3 is 11.1 Å². The molecule has 8 heteroatoms. The van der Waals surface area contributed by atoms with Crippen LogP contribution in [0.5, 0.6) is 0 Å². The van der Waals surface area contributed by atoms with E-state index in [1.54, 1.807) is 19.1 Å². The van der Waals surface area contributed by atoms with Gasteiger partial charge >= 0.3 is 0 Å². The van der Waals surface area contributed by atoms with Crippen molar-refractivity contribution in [3.63, 3.8) is 0 Å². The third kappa shape index (κ3) is 3.79. The van der Waals surface area contributed by atoms with Crippen molar-refractivity contribution in [2.24, 2.45) is 0 Å². The Morgan fingerprint density at radius 3 is 2.43 bits per heavy atom. The van der Waals surface area contributed by atoms with Crippen molar-refractivity contribution in [2.75, 3.05) is 12.0 Å². The number of sulfone groups is 1. The number of carbonyl (C=O) groups excluding carboxylic acids is 1. The van der Waals surface area contributed by atoms with Crippen LogP contribution in [0.25, 0.3) is 0 Å². The summed E-state index contributed by atoms with van der Waals surface area (Å²) in [5, 5.41) is 3.11. The summed E-state index contributed by atoms with van der Waals surface area (Å²) >= 11 is 1.14. The number of thiazole rings is 1. The Hall–Kier alpha value is -1.93. The van der Waals surface area contributed by atoms with Gasteiger partial charge in [0.15, 0.2) is 15.0 Å². The molecule has 6 nitrogen and oxygen atoms in total. The van der Waals surface area contributed by atoms with E-state index in [0.29, 0.717) is 22.2 Å². The first-order valence-corrected chi connectivity index (χ1v) is 8.78. The maximum Gasteiger partial charge on any atom is 0.263 e. The number of anilines is 1. The van der Waals surface area contributed by atoms with Crippen molar-refractivity contribution in [2.45, 2.75) is 18.4 Å². The number of aromatic nitrogens is 1. The lowest BCUT2D eigenvalue weighted by Gasteiger charge is -2.05. The monoisotopic (exact) mass is 325 g/mol. The van der Waals surface area contributed by atoms with Gasteiger partial charge in [-0.15, -0.1) is 0 Å². The lowest BCUT2D eigenvalue weighted by molar-refractivity contribution is 0.0954. The molecule has 0 spiro atoms. The second kappa shape index (κ2) is 5.82. The maximum atomic E-state index is 12.0. The second-order valence-corrected chi connectivity index (χ2v) is 7.61. The number of benzene rings is 1. The predicted octanol–water partition coefficient (Wildman–Crippen LogP) is 1.37. The molecule has 1 aromatic heterocycles. The molecule has 112 valence electrons. The molecule has 0 atom stereocenters. The molecule has 0 unspecified atom stereocenters. The summed E-state index contributed by atoms with van der Waals surface area (Å²) < 4.78 is 22.7. The summed E-state index contributed by atoms with van der Waals surface area (Å²) in [5.74, 6) is -0.242. The minimum Gasteiger partial charge on any atom is -0.375 e. The zero-order valence-electron chi connectivity index (χ0n) is 11.6. The van der Waals surface area contributed by atoms with Crippen molar-refractivity contribution >= 4 is 32.2 Å². The molecular formula is C13H15N3O3S2. The highest BCUT2D eigenvalue weighted by atomic mass is 32.2. The van der Waals surface area contributed by atoms with Crippen LogP contribution in [0.15, 0.2) is 29.2 Å². The fraction of sp³-hybridized carbons (Fsp3) is 0.231. The van der Waals surface area contributed by atoms with Crippen LogP contribution in [0.4, 0.5) is 5.13 Å². The molecule has 0 bridgehead atoms. The molecule has 0 aliphatic rings. The van der Waals surface area contributed by atoms with Crippen molar-refractivity contribution in [3.05, 3.63) is 40.4 Å². The molecule has 1 amide bonds. The molecule has 3 N–H and O–H groups in total. The van der Waals surface area contributed by atoms with E-state index in [9.17, 15) is 13.2 Å². The first kappa shape index (κ1) is 15.5. The smallest absolute Gasteiger partial charge is 0.263 e. The molecule has 2 aromatic rings. The van der Waals surface area contributed by atoms with Gasteiger partial charge in [-0.3, -0.25) is 4.79 Å². The summed E-state index contributed by atoms with van der Waals surface area (Å²) in [4.78, 5) is 16.7. The molecule has 0 aliphatic heterocycles. The van der Waals surface area contributed by atoms with Crippen LogP contribution in [0.3, 0.4) is 0 Å². The Labute approximate surface area is 126 Å². The molecule has 0 saturated carbocycles. The number of rotatable bonds is 4. The zero-order valence-corrected chi connectivity index (χ0v) is 13.2. The molecule has 0 saturated heterocycles. The number of hydrogen-bond donors (Lipinski definition) is 2. The van der Waals surface area contributed by atoms with E-state index in [0.717, 1.165) is 23.2 Å². The molecule has 0 aliphatic carbocycles. The largest absolute Gasteiger partial charge is 0.375 e. The molecule has 1 aromatic carbocycles. The summed E-state index contributed by atoms with van der Waals surface area (Å²) in [6, 6.07) is 6.38. The van der Waals surface area contributed by atoms with Crippen LogP contribution in [0, 0.1) is 6.92 Å². The lowest BCUT2D eigenvalue weighted by Crippen LogP contribution is -2.22. The standard InChI is InChI=1S/C13H15N3O3S2/c1-8-11(20-13(14)16-8)12(17)15-7-9-3-5-10(6-4-9)21(2,18)19/h3-6H,7H2,1-2H3,(H2,14,16)(H,15,17). The van der Waals surface area contributed by atoms with Gasteiger partial charge in [-0.25, -0.2) is 13.4 Å². The summed E-state index contributed by atoms with van der Waals surface area (Å²) in [5.41, 5.74) is 6.96. The number of amides is 1. The fourth-order valence-electron chi connectivity index (χ4n) is 1.75. The molecular weight excluding hydrogens is 310 g/mol. The van der Waals surface area contributed by atoms with Gasteiger partial charge in [0, 0.05) is 12.8 Å². The SMILES string of the molecule is Cc1nc(N)sc1C(=O)NCc1ccc(S(C)(=O)=O)cc1. The third-order valence-electron chi connectivity index (χ3n) is 2.82. The van der Waals surface area contributed by atoms with Crippen molar-refractivity contribution in [1.29, 1.82) is 0 Å². The average Bonchev–Trinajstić information content (AvgIpc) is 2.74. The van der Waals surface area contributed by atoms with Crippen LogP contribution >= 0.6 is 11.3 Å². The minimum atomic E-state index is -3.20. The Kier molecular flexibility index (Phi) is 4.29. The maximum absolute atomic E-state index is 12.0. The van der Waals surface area contributed by atoms with Crippen LogP contribution in [0.2, 0.25) is 0 Å². The predicted molar refractivity (Wildman–Crippen MR) is 82.0 cm³/mol. The zero-order chi connectivity index (χ0) is 15.6. The van der Waals surface area contributed by atoms with Gasteiger partial charge in [-0.1, -0.05) is 23.5 Å². The van der Waals surface area contributed by atoms with E-state index in [2.05, 4.69) is 10.3 Å². The van der Waals surface area contributed by atoms with Crippen LogP contribution in [-0.2, 0) is 16.4 Å². The van der Waals surface area contributed by atoms with E-state index in [-0.39, 0.29) is 10.8 Å². The Morgan fingerprint density at radius 2 is 1.95 bits per heavy atom. The first-order valence-electron chi connectivity index (χ1n) is 6.07. The van der Waals surface area contributed by atoms with E-state index in [1.165, 1.54) is 12.1 Å². The average molecular weight is 325 g/mol. The van der Waals surface area contributed by atoms with E-state index in [4.69, 9.17) is 5.73 Å². The van der Waals surface area contributed by atoms with E-state index < -0.39 is 9.84 Å². The molecule has 0 radical (unpaired) electrons.